The van der Waals surface area contributed by atoms with Crippen LogP contribution in [0.25, 0.3) is 0 Å². The van der Waals surface area contributed by atoms with E-state index < -0.39 is 0 Å². The van der Waals surface area contributed by atoms with Crippen LogP contribution in [0.15, 0.2) is 48.5 Å². The number of benzene rings is 2. The maximum atomic E-state index is 12.1. The summed E-state index contributed by atoms with van der Waals surface area (Å²) < 4.78 is 5.20. The average molecular weight is 310 g/mol. The third kappa shape index (κ3) is 3.65. The van der Waals surface area contributed by atoms with Gasteiger partial charge in [0.1, 0.15) is 5.75 Å². The highest BCUT2D eigenvalue weighted by Gasteiger charge is 2.44. The predicted octanol–water partition coefficient (Wildman–Crippen LogP) is 3.86. The van der Waals surface area contributed by atoms with Crippen molar-refractivity contribution in [2.75, 3.05) is 19.0 Å². The van der Waals surface area contributed by atoms with Crippen LogP contribution in [0.1, 0.15) is 24.0 Å². The number of amides is 2. The number of nitrogens with one attached hydrogen (secondary N) is 2. The Morgan fingerprint density at radius 1 is 1.17 bits per heavy atom. The molecule has 0 aliphatic heterocycles. The Morgan fingerprint density at radius 2 is 1.91 bits per heavy atom. The minimum Gasteiger partial charge on any atom is -0.497 e. The van der Waals surface area contributed by atoms with Crippen molar-refractivity contribution in [2.45, 2.75) is 25.2 Å². The van der Waals surface area contributed by atoms with Crippen LogP contribution in [0.5, 0.6) is 5.75 Å². The third-order valence-electron chi connectivity index (χ3n) is 4.42. The molecule has 0 spiro atoms. The molecule has 0 unspecified atom stereocenters. The molecule has 0 atom stereocenters. The first-order chi connectivity index (χ1) is 11.1. The van der Waals surface area contributed by atoms with E-state index in [0.29, 0.717) is 6.54 Å². The Morgan fingerprint density at radius 3 is 2.52 bits per heavy atom. The third-order valence-corrected chi connectivity index (χ3v) is 4.42. The monoisotopic (exact) mass is 310 g/mol. The molecule has 2 amide bonds. The molecule has 2 N–H and O–H groups in total. The summed E-state index contributed by atoms with van der Waals surface area (Å²) in [5.74, 6) is 0.856. The molecular weight excluding hydrogens is 288 g/mol. The minimum atomic E-state index is -0.157. The second-order valence-corrected chi connectivity index (χ2v) is 6.19. The Hall–Kier alpha value is -2.49. The maximum absolute atomic E-state index is 12.1. The van der Waals surface area contributed by atoms with Gasteiger partial charge in [-0.3, -0.25) is 0 Å². The van der Waals surface area contributed by atoms with Gasteiger partial charge in [0.25, 0.3) is 0 Å². The lowest BCUT2D eigenvalue weighted by molar-refractivity contribution is 0.251. The van der Waals surface area contributed by atoms with E-state index >= 15 is 0 Å². The van der Waals surface area contributed by atoms with Crippen molar-refractivity contribution < 1.29 is 9.53 Å². The largest absolute Gasteiger partial charge is 0.497 e. The fraction of sp³-hybridized carbons (Fsp3) is 0.316. The number of rotatable bonds is 5. The molecule has 0 bridgehead atoms. The fourth-order valence-corrected chi connectivity index (χ4v) is 2.81. The van der Waals surface area contributed by atoms with Crippen LogP contribution in [0, 0.1) is 6.92 Å². The van der Waals surface area contributed by atoms with E-state index in [1.54, 1.807) is 7.11 Å². The zero-order valence-electron chi connectivity index (χ0n) is 13.6. The fourth-order valence-electron chi connectivity index (χ4n) is 2.81. The first-order valence-corrected chi connectivity index (χ1v) is 7.87. The Labute approximate surface area is 136 Å². The molecule has 4 nitrogen and oxygen atoms in total. The maximum Gasteiger partial charge on any atom is 0.319 e. The van der Waals surface area contributed by atoms with Gasteiger partial charge in [-0.05, 0) is 55.2 Å². The molecule has 0 aromatic heterocycles. The van der Waals surface area contributed by atoms with Gasteiger partial charge < -0.3 is 15.4 Å². The first kappa shape index (κ1) is 15.4. The van der Waals surface area contributed by atoms with Crippen LogP contribution < -0.4 is 15.4 Å². The van der Waals surface area contributed by atoms with Crippen LogP contribution in [0.4, 0.5) is 10.5 Å². The van der Waals surface area contributed by atoms with Crippen LogP contribution in [0.3, 0.4) is 0 Å². The topological polar surface area (TPSA) is 50.4 Å². The van der Waals surface area contributed by atoms with Crippen molar-refractivity contribution >= 4 is 11.7 Å². The lowest BCUT2D eigenvalue weighted by Crippen LogP contribution is -2.35. The van der Waals surface area contributed by atoms with E-state index in [0.717, 1.165) is 29.8 Å². The highest BCUT2D eigenvalue weighted by atomic mass is 16.5. The molecule has 1 aliphatic rings. The van der Waals surface area contributed by atoms with Gasteiger partial charge in [-0.1, -0.05) is 24.3 Å². The van der Waals surface area contributed by atoms with Gasteiger partial charge in [0.05, 0.1) is 7.11 Å². The number of methoxy groups -OCH3 is 1. The highest BCUT2D eigenvalue weighted by Crippen LogP contribution is 2.47. The molecule has 4 heteroatoms. The zero-order valence-corrected chi connectivity index (χ0v) is 13.6. The number of hydrogen-bond donors (Lipinski definition) is 2. The quantitative estimate of drug-likeness (QED) is 0.881. The molecule has 3 rings (SSSR count). The van der Waals surface area contributed by atoms with Gasteiger partial charge >= 0.3 is 6.03 Å². The standard InChI is InChI=1S/C19H22N2O2/c1-14-4-3-5-16(12-14)21-18(22)20-13-19(10-11-19)15-6-8-17(23-2)9-7-15/h3-9,12H,10-11,13H2,1-2H3,(H2,20,21,22). The summed E-state index contributed by atoms with van der Waals surface area (Å²) in [6.45, 7) is 2.66. The SMILES string of the molecule is COc1ccc(C2(CNC(=O)Nc3cccc(C)c3)CC2)cc1. The summed E-state index contributed by atoms with van der Waals surface area (Å²) in [7, 11) is 1.67. The van der Waals surface area contributed by atoms with Gasteiger partial charge in [0, 0.05) is 17.6 Å². The van der Waals surface area contributed by atoms with Crippen molar-refractivity contribution in [3.8, 4) is 5.75 Å². The summed E-state index contributed by atoms with van der Waals surface area (Å²) in [5, 5.41) is 5.88. The smallest absolute Gasteiger partial charge is 0.319 e. The van der Waals surface area contributed by atoms with Crippen molar-refractivity contribution in [3.63, 3.8) is 0 Å². The molecule has 1 aliphatic carbocycles. The van der Waals surface area contributed by atoms with Crippen molar-refractivity contribution in [1.29, 1.82) is 0 Å². The molecule has 0 heterocycles. The van der Waals surface area contributed by atoms with Gasteiger partial charge in [-0.2, -0.15) is 0 Å². The summed E-state index contributed by atoms with van der Waals surface area (Å²) in [6, 6.07) is 15.8. The Kier molecular flexibility index (Phi) is 4.24. The van der Waals surface area contributed by atoms with Crippen LogP contribution in [0.2, 0.25) is 0 Å². The number of carbonyl (C=O) groups is 1. The van der Waals surface area contributed by atoms with Crippen LogP contribution >= 0.6 is 0 Å². The number of ether oxygens (including phenoxy) is 1. The number of carbonyl (C=O) groups excluding carboxylic acids is 1. The number of urea groups is 1. The van der Waals surface area contributed by atoms with Gasteiger partial charge in [-0.15, -0.1) is 0 Å². The van der Waals surface area contributed by atoms with E-state index in [1.165, 1.54) is 5.56 Å². The minimum absolute atomic E-state index is 0.0796. The second-order valence-electron chi connectivity index (χ2n) is 6.19. The molecule has 0 saturated heterocycles. The number of hydrogen-bond acceptors (Lipinski definition) is 2. The summed E-state index contributed by atoms with van der Waals surface area (Å²) in [4.78, 5) is 12.1. The zero-order chi connectivity index (χ0) is 16.3. The average Bonchev–Trinajstić information content (AvgIpc) is 3.34. The molecule has 120 valence electrons. The molecule has 1 saturated carbocycles. The first-order valence-electron chi connectivity index (χ1n) is 7.87. The van der Waals surface area contributed by atoms with Crippen molar-refractivity contribution in [1.82, 2.24) is 5.32 Å². The molecule has 2 aromatic rings. The van der Waals surface area contributed by atoms with E-state index in [4.69, 9.17) is 4.74 Å². The highest BCUT2D eigenvalue weighted by molar-refractivity contribution is 5.89. The lowest BCUT2D eigenvalue weighted by Gasteiger charge is -2.17. The van der Waals surface area contributed by atoms with E-state index in [-0.39, 0.29) is 11.4 Å². The van der Waals surface area contributed by atoms with Crippen LogP contribution in [-0.4, -0.2) is 19.7 Å². The van der Waals surface area contributed by atoms with E-state index in [2.05, 4.69) is 22.8 Å². The van der Waals surface area contributed by atoms with Gasteiger partial charge in [0.2, 0.25) is 0 Å². The lowest BCUT2D eigenvalue weighted by atomic mass is 9.96. The molecule has 23 heavy (non-hydrogen) atoms. The van der Waals surface area contributed by atoms with E-state index in [9.17, 15) is 4.79 Å². The summed E-state index contributed by atoms with van der Waals surface area (Å²) >= 11 is 0. The van der Waals surface area contributed by atoms with Crippen molar-refractivity contribution in [3.05, 3.63) is 59.7 Å². The Balaban J connectivity index is 1.57. The summed E-state index contributed by atoms with van der Waals surface area (Å²) in [6.07, 6.45) is 2.20. The van der Waals surface area contributed by atoms with Crippen LogP contribution in [-0.2, 0) is 5.41 Å². The Bertz CT molecular complexity index is 691. The van der Waals surface area contributed by atoms with Gasteiger partial charge in [0.15, 0.2) is 0 Å². The predicted molar refractivity (Wildman–Crippen MR) is 92.1 cm³/mol. The molecule has 2 aromatic carbocycles. The molecular formula is C19H22N2O2. The van der Waals surface area contributed by atoms with Gasteiger partial charge in [-0.25, -0.2) is 4.79 Å². The summed E-state index contributed by atoms with van der Waals surface area (Å²) in [5.41, 5.74) is 3.28. The molecule has 0 radical (unpaired) electrons. The normalized spacial score (nSPS) is 14.9. The number of anilines is 1. The number of aryl methyl sites for hydroxylation is 1. The molecule has 1 fully saturated rings. The van der Waals surface area contributed by atoms with E-state index in [1.807, 2.05) is 43.3 Å². The second kappa shape index (κ2) is 6.32. The van der Waals surface area contributed by atoms with Crippen molar-refractivity contribution in [2.24, 2.45) is 0 Å².